The van der Waals surface area contributed by atoms with Gasteiger partial charge in [0, 0.05) is 39.3 Å². The Kier molecular flexibility index (Phi) is 7.53. The fourth-order valence-corrected chi connectivity index (χ4v) is 8.81. The fourth-order valence-electron chi connectivity index (χ4n) is 8.81. The molecule has 0 saturated heterocycles. The van der Waals surface area contributed by atoms with Gasteiger partial charge < -0.3 is 9.30 Å². The first kappa shape index (κ1) is 32.0. The van der Waals surface area contributed by atoms with E-state index in [0.29, 0.717) is 0 Å². The fraction of sp³-hybridized carbons (Fsp3) is 0. The van der Waals surface area contributed by atoms with E-state index in [-0.39, 0.29) is 0 Å². The van der Waals surface area contributed by atoms with Gasteiger partial charge in [-0.2, -0.15) is 0 Å². The molecule has 0 aliphatic heterocycles. The summed E-state index contributed by atoms with van der Waals surface area (Å²) >= 11 is 0. The Bertz CT molecular complexity index is 3230. The van der Waals surface area contributed by atoms with E-state index in [2.05, 4.69) is 228 Å². The van der Waals surface area contributed by atoms with Crippen LogP contribution in [0.1, 0.15) is 0 Å². The number of benzene rings is 9. The van der Waals surface area contributed by atoms with Crippen molar-refractivity contribution in [1.29, 1.82) is 0 Å². The summed E-state index contributed by atoms with van der Waals surface area (Å²) in [7, 11) is 0. The Balaban J connectivity index is 1.10. The summed E-state index contributed by atoms with van der Waals surface area (Å²) in [6.07, 6.45) is 2.21. The molecule has 11 aromatic rings. The normalized spacial score (nSPS) is 11.6. The van der Waals surface area contributed by atoms with E-state index < -0.39 is 0 Å². The van der Waals surface area contributed by atoms with Crippen molar-refractivity contribution in [2.45, 2.75) is 0 Å². The minimum Gasteiger partial charge on any atom is -0.315 e. The monoisotopic (exact) mass is 712 g/mol. The number of pyridine rings is 1. The molecule has 11 rings (SSSR count). The predicted molar refractivity (Wildman–Crippen MR) is 238 cm³/mol. The number of fused-ring (bicyclic) bond motifs is 9. The van der Waals surface area contributed by atoms with Gasteiger partial charge >= 0.3 is 0 Å². The van der Waals surface area contributed by atoms with Crippen LogP contribution in [-0.4, -0.2) is 4.40 Å². The van der Waals surface area contributed by atoms with Gasteiger partial charge in [-0.3, -0.25) is 0 Å². The molecule has 2 heteroatoms. The minimum atomic E-state index is 1.11. The van der Waals surface area contributed by atoms with Crippen molar-refractivity contribution in [3.05, 3.63) is 219 Å². The molecule has 0 aliphatic rings. The van der Waals surface area contributed by atoms with Gasteiger partial charge in [-0.25, -0.2) is 0 Å². The highest BCUT2D eigenvalue weighted by molar-refractivity contribution is 6.30. The molecule has 0 fully saturated rings. The second-order valence-corrected chi connectivity index (χ2v) is 14.5. The Morgan fingerprint density at radius 3 is 1.75 bits per heavy atom. The van der Waals surface area contributed by atoms with Gasteiger partial charge in [-0.1, -0.05) is 164 Å². The molecule has 9 aromatic carbocycles. The first-order valence-corrected chi connectivity index (χ1v) is 19.3. The lowest BCUT2D eigenvalue weighted by molar-refractivity contribution is 1.26. The summed E-state index contributed by atoms with van der Waals surface area (Å²) in [6.45, 7) is 0. The van der Waals surface area contributed by atoms with Crippen molar-refractivity contribution in [3.8, 4) is 33.4 Å². The molecule has 262 valence electrons. The highest BCUT2D eigenvalue weighted by Gasteiger charge is 2.21. The molecule has 56 heavy (non-hydrogen) atoms. The Labute approximate surface area is 325 Å². The number of nitrogens with zero attached hydrogens (tertiary/aromatic N) is 2. The van der Waals surface area contributed by atoms with Gasteiger partial charge in [0.1, 0.15) is 0 Å². The van der Waals surface area contributed by atoms with Crippen molar-refractivity contribution in [3.63, 3.8) is 0 Å². The lowest BCUT2D eigenvalue weighted by Crippen LogP contribution is -2.10. The summed E-state index contributed by atoms with van der Waals surface area (Å²) in [6, 6.07) is 77.1. The predicted octanol–water partition coefficient (Wildman–Crippen LogP) is 15.0. The van der Waals surface area contributed by atoms with E-state index >= 15 is 0 Å². The zero-order valence-electron chi connectivity index (χ0n) is 30.7. The lowest BCUT2D eigenvalue weighted by atomic mass is 9.91. The van der Waals surface area contributed by atoms with Crippen LogP contribution in [0.25, 0.3) is 82.1 Å². The number of hydrogen-bond donors (Lipinski definition) is 0. The zero-order valence-corrected chi connectivity index (χ0v) is 30.7. The van der Waals surface area contributed by atoms with Gasteiger partial charge in [0.05, 0.1) is 16.7 Å². The van der Waals surface area contributed by atoms with E-state index in [1.165, 1.54) is 82.1 Å². The van der Waals surface area contributed by atoms with Crippen molar-refractivity contribution in [2.24, 2.45) is 0 Å². The van der Waals surface area contributed by atoms with Gasteiger partial charge in [0.25, 0.3) is 0 Å². The average Bonchev–Trinajstić information content (AvgIpc) is 3.63. The first-order valence-electron chi connectivity index (χ1n) is 19.3. The molecular formula is C54H36N2. The topological polar surface area (TPSA) is 7.65 Å². The second kappa shape index (κ2) is 13.2. The molecular weight excluding hydrogens is 677 g/mol. The molecule has 2 heterocycles. The molecule has 0 atom stereocenters. The maximum absolute atomic E-state index is 2.41. The third kappa shape index (κ3) is 5.19. The highest BCUT2D eigenvalue weighted by atomic mass is 15.1. The number of hydrogen-bond acceptors (Lipinski definition) is 1. The number of aromatic nitrogens is 1. The van der Waals surface area contributed by atoms with E-state index in [9.17, 15) is 0 Å². The first-order chi connectivity index (χ1) is 27.8. The summed E-state index contributed by atoms with van der Waals surface area (Å²) in [5.74, 6) is 0. The SMILES string of the molecule is c1ccc(-c2cccc(N(c3ccc(-c4ccc5c6ccccc6c6c(c(-c7ccccc7)c7ccccn76)c5c4)cc3)c3cccc4ccccc34)c2)cc1. The largest absolute Gasteiger partial charge is 0.315 e. The number of rotatable bonds is 6. The molecule has 2 aromatic heterocycles. The average molecular weight is 713 g/mol. The molecule has 0 saturated carbocycles. The Morgan fingerprint density at radius 2 is 0.929 bits per heavy atom. The lowest BCUT2D eigenvalue weighted by Gasteiger charge is -2.27. The zero-order chi connectivity index (χ0) is 37.0. The molecule has 0 amide bonds. The van der Waals surface area contributed by atoms with Crippen LogP contribution in [-0.2, 0) is 0 Å². The van der Waals surface area contributed by atoms with Crippen LogP contribution in [0.5, 0.6) is 0 Å². The quantitative estimate of drug-likeness (QED) is 0.156. The maximum Gasteiger partial charge on any atom is 0.0620 e. The van der Waals surface area contributed by atoms with Crippen molar-refractivity contribution in [1.82, 2.24) is 4.40 Å². The third-order valence-electron chi connectivity index (χ3n) is 11.3. The van der Waals surface area contributed by atoms with E-state index in [0.717, 1.165) is 17.1 Å². The van der Waals surface area contributed by atoms with Crippen LogP contribution < -0.4 is 4.90 Å². The van der Waals surface area contributed by atoms with Crippen molar-refractivity contribution in [2.75, 3.05) is 4.90 Å². The van der Waals surface area contributed by atoms with Crippen LogP contribution in [0.15, 0.2) is 219 Å². The summed E-state index contributed by atoms with van der Waals surface area (Å²) in [5.41, 5.74) is 13.1. The van der Waals surface area contributed by atoms with Gasteiger partial charge in [0.15, 0.2) is 0 Å². The smallest absolute Gasteiger partial charge is 0.0620 e. The molecule has 0 bridgehead atoms. The van der Waals surface area contributed by atoms with Crippen LogP contribution in [0.4, 0.5) is 17.1 Å². The summed E-state index contributed by atoms with van der Waals surface area (Å²) in [5, 5.41) is 8.77. The molecule has 0 N–H and O–H groups in total. The third-order valence-corrected chi connectivity index (χ3v) is 11.3. The molecule has 0 aliphatic carbocycles. The summed E-state index contributed by atoms with van der Waals surface area (Å²) in [4.78, 5) is 2.40. The van der Waals surface area contributed by atoms with Crippen LogP contribution in [0.3, 0.4) is 0 Å². The van der Waals surface area contributed by atoms with E-state index in [1.807, 2.05) is 0 Å². The molecule has 0 spiro atoms. The number of anilines is 3. The Morgan fingerprint density at radius 1 is 0.339 bits per heavy atom. The summed E-state index contributed by atoms with van der Waals surface area (Å²) < 4.78 is 2.38. The Hall–Kier alpha value is -7.42. The second-order valence-electron chi connectivity index (χ2n) is 14.5. The van der Waals surface area contributed by atoms with Crippen LogP contribution >= 0.6 is 0 Å². The van der Waals surface area contributed by atoms with Crippen molar-refractivity contribution < 1.29 is 0 Å². The van der Waals surface area contributed by atoms with Crippen molar-refractivity contribution >= 4 is 65.8 Å². The highest BCUT2D eigenvalue weighted by Crippen LogP contribution is 2.46. The van der Waals surface area contributed by atoms with Crippen LogP contribution in [0, 0.1) is 0 Å². The minimum absolute atomic E-state index is 1.11. The van der Waals surface area contributed by atoms with Gasteiger partial charge in [-0.15, -0.1) is 0 Å². The van der Waals surface area contributed by atoms with E-state index in [4.69, 9.17) is 0 Å². The van der Waals surface area contributed by atoms with Gasteiger partial charge in [-0.05, 0) is 97.9 Å². The molecule has 0 unspecified atom stereocenters. The molecule has 0 radical (unpaired) electrons. The molecule has 2 nitrogen and oxygen atoms in total. The maximum atomic E-state index is 2.41. The standard InChI is InChI=1S/C54H36N2/c1-3-15-37(16-4-1)41-21-13-22-44(35-41)56(50-27-14-20-39-17-7-8-23-45(39)50)43-31-28-38(29-32-43)42-30-33-47-46-24-9-10-25-48(46)54-53(49(47)36-42)52(40-18-5-2-6-19-40)51-26-11-12-34-55(51)54/h1-36H. The van der Waals surface area contributed by atoms with Gasteiger partial charge in [0.2, 0.25) is 0 Å². The van der Waals surface area contributed by atoms with E-state index in [1.54, 1.807) is 0 Å². The van der Waals surface area contributed by atoms with Crippen LogP contribution in [0.2, 0.25) is 0 Å².